The fourth-order valence-corrected chi connectivity index (χ4v) is 1.98. The molecule has 0 saturated heterocycles. The first-order valence-electron chi connectivity index (χ1n) is 4.76. The van der Waals surface area contributed by atoms with Crippen LogP contribution in [0, 0.1) is 6.92 Å². The van der Waals surface area contributed by atoms with Crippen molar-refractivity contribution in [2.45, 2.75) is 20.3 Å². The van der Waals surface area contributed by atoms with Gasteiger partial charge in [0.15, 0.2) is 0 Å². The summed E-state index contributed by atoms with van der Waals surface area (Å²) in [5.74, 6) is 0.962. The lowest BCUT2D eigenvalue weighted by atomic mass is 10.1. The summed E-state index contributed by atoms with van der Waals surface area (Å²) in [6, 6.07) is 4.22. The van der Waals surface area contributed by atoms with E-state index in [1.807, 2.05) is 6.92 Å². The van der Waals surface area contributed by atoms with Crippen LogP contribution in [0.25, 0.3) is 11.0 Å². The van der Waals surface area contributed by atoms with Crippen molar-refractivity contribution in [1.82, 2.24) is 9.97 Å². The summed E-state index contributed by atoms with van der Waals surface area (Å²) in [5.41, 5.74) is 5.70. The maximum absolute atomic E-state index is 4.47. The minimum atomic E-state index is 0.962. The standard InChI is InChI=1S/C11H11N3/c1-6-3-8-4-10-11(5-9(8)12-6)14-7(2)13-10/h4-5H,3H2,1-2H3,(H,13,14). The maximum Gasteiger partial charge on any atom is 0.104 e. The van der Waals surface area contributed by atoms with Gasteiger partial charge in [0.2, 0.25) is 0 Å². The van der Waals surface area contributed by atoms with E-state index < -0.39 is 0 Å². The van der Waals surface area contributed by atoms with Crippen LogP contribution in [-0.2, 0) is 6.42 Å². The molecule has 2 heterocycles. The number of benzene rings is 1. The molecule has 0 atom stereocenters. The average Bonchev–Trinajstić information content (AvgIpc) is 2.59. The average molecular weight is 185 g/mol. The van der Waals surface area contributed by atoms with Crippen molar-refractivity contribution in [3.05, 3.63) is 23.5 Å². The molecule has 0 bridgehead atoms. The van der Waals surface area contributed by atoms with Gasteiger partial charge in [-0.1, -0.05) is 0 Å². The molecule has 1 aliphatic heterocycles. The van der Waals surface area contributed by atoms with Crippen LogP contribution in [0.3, 0.4) is 0 Å². The molecule has 2 aromatic rings. The third-order valence-electron chi connectivity index (χ3n) is 2.56. The van der Waals surface area contributed by atoms with E-state index in [4.69, 9.17) is 0 Å². The number of fused-ring (bicyclic) bond motifs is 2. The van der Waals surface area contributed by atoms with Crippen LogP contribution < -0.4 is 0 Å². The Morgan fingerprint density at radius 2 is 2.14 bits per heavy atom. The lowest BCUT2D eigenvalue weighted by Crippen LogP contribution is -1.88. The second-order valence-electron chi connectivity index (χ2n) is 3.84. The molecule has 70 valence electrons. The summed E-state index contributed by atoms with van der Waals surface area (Å²) in [4.78, 5) is 12.1. The highest BCUT2D eigenvalue weighted by molar-refractivity contribution is 5.95. The molecular formula is C11H11N3. The molecule has 3 nitrogen and oxygen atoms in total. The van der Waals surface area contributed by atoms with Gasteiger partial charge in [-0.25, -0.2) is 4.98 Å². The molecular weight excluding hydrogens is 174 g/mol. The number of H-pyrrole nitrogens is 1. The van der Waals surface area contributed by atoms with Crippen LogP contribution in [0.1, 0.15) is 18.3 Å². The first kappa shape index (κ1) is 7.74. The fourth-order valence-electron chi connectivity index (χ4n) is 1.98. The highest BCUT2D eigenvalue weighted by Crippen LogP contribution is 2.30. The Bertz CT molecular complexity index is 549. The van der Waals surface area contributed by atoms with Gasteiger partial charge in [-0.15, -0.1) is 0 Å². The van der Waals surface area contributed by atoms with Gasteiger partial charge in [-0.05, 0) is 31.5 Å². The zero-order valence-electron chi connectivity index (χ0n) is 8.26. The molecule has 14 heavy (non-hydrogen) atoms. The zero-order chi connectivity index (χ0) is 9.71. The Labute approximate surface area is 81.9 Å². The Morgan fingerprint density at radius 3 is 3.00 bits per heavy atom. The summed E-state index contributed by atoms with van der Waals surface area (Å²) in [6.45, 7) is 4.03. The summed E-state index contributed by atoms with van der Waals surface area (Å²) in [6.07, 6.45) is 0.976. The van der Waals surface area contributed by atoms with E-state index >= 15 is 0 Å². The fraction of sp³-hybridized carbons (Fsp3) is 0.273. The Hall–Kier alpha value is -1.64. The number of imidazole rings is 1. The second kappa shape index (κ2) is 2.44. The Kier molecular flexibility index (Phi) is 1.35. The van der Waals surface area contributed by atoms with Crippen LogP contribution >= 0.6 is 0 Å². The molecule has 1 N–H and O–H groups in total. The van der Waals surface area contributed by atoms with Gasteiger partial charge in [0, 0.05) is 12.1 Å². The van der Waals surface area contributed by atoms with Crippen molar-refractivity contribution >= 4 is 22.4 Å². The van der Waals surface area contributed by atoms with Crippen LogP contribution in [0.5, 0.6) is 0 Å². The van der Waals surface area contributed by atoms with Gasteiger partial charge >= 0.3 is 0 Å². The number of nitrogens with one attached hydrogen (secondary N) is 1. The molecule has 3 rings (SSSR count). The topological polar surface area (TPSA) is 41.0 Å². The summed E-state index contributed by atoms with van der Waals surface area (Å²) >= 11 is 0. The van der Waals surface area contributed by atoms with Crippen molar-refractivity contribution in [2.24, 2.45) is 4.99 Å². The van der Waals surface area contributed by atoms with E-state index in [0.29, 0.717) is 0 Å². The van der Waals surface area contributed by atoms with E-state index in [9.17, 15) is 0 Å². The number of rotatable bonds is 0. The largest absolute Gasteiger partial charge is 0.342 e. The number of hydrogen-bond acceptors (Lipinski definition) is 2. The van der Waals surface area contributed by atoms with Gasteiger partial charge < -0.3 is 4.98 Å². The third kappa shape index (κ3) is 0.985. The predicted molar refractivity (Wildman–Crippen MR) is 57.3 cm³/mol. The molecule has 0 radical (unpaired) electrons. The van der Waals surface area contributed by atoms with E-state index in [1.165, 1.54) is 11.3 Å². The van der Waals surface area contributed by atoms with Crippen LogP contribution in [-0.4, -0.2) is 15.7 Å². The van der Waals surface area contributed by atoms with Crippen LogP contribution in [0.15, 0.2) is 17.1 Å². The van der Waals surface area contributed by atoms with Crippen molar-refractivity contribution in [1.29, 1.82) is 0 Å². The lowest BCUT2D eigenvalue weighted by Gasteiger charge is -1.95. The van der Waals surface area contributed by atoms with Gasteiger partial charge in [0.1, 0.15) is 5.82 Å². The van der Waals surface area contributed by atoms with Gasteiger partial charge in [-0.2, -0.15) is 0 Å². The van der Waals surface area contributed by atoms with E-state index in [-0.39, 0.29) is 0 Å². The van der Waals surface area contributed by atoms with E-state index in [2.05, 4.69) is 34.0 Å². The molecule has 1 aliphatic rings. The molecule has 3 heteroatoms. The number of aryl methyl sites for hydroxylation is 1. The first-order valence-corrected chi connectivity index (χ1v) is 4.76. The smallest absolute Gasteiger partial charge is 0.104 e. The maximum atomic E-state index is 4.47. The highest BCUT2D eigenvalue weighted by Gasteiger charge is 2.13. The van der Waals surface area contributed by atoms with Crippen LogP contribution in [0.2, 0.25) is 0 Å². The van der Waals surface area contributed by atoms with Crippen molar-refractivity contribution in [3.8, 4) is 0 Å². The monoisotopic (exact) mass is 185 g/mol. The highest BCUT2D eigenvalue weighted by atomic mass is 14.9. The number of aliphatic imine (C=N–C) groups is 1. The summed E-state index contributed by atoms with van der Waals surface area (Å²) in [7, 11) is 0. The number of aromatic nitrogens is 2. The Balaban J connectivity index is 2.31. The minimum Gasteiger partial charge on any atom is -0.342 e. The number of nitrogens with zero attached hydrogens (tertiary/aromatic N) is 2. The first-order chi connectivity index (χ1) is 6.72. The zero-order valence-corrected chi connectivity index (χ0v) is 8.26. The molecule has 1 aromatic carbocycles. The normalized spacial score (nSPS) is 14.6. The van der Waals surface area contributed by atoms with Crippen molar-refractivity contribution in [2.75, 3.05) is 0 Å². The predicted octanol–water partition coefficient (Wildman–Crippen LogP) is 2.52. The second-order valence-corrected chi connectivity index (χ2v) is 3.84. The molecule has 0 amide bonds. The van der Waals surface area contributed by atoms with Crippen molar-refractivity contribution in [3.63, 3.8) is 0 Å². The van der Waals surface area contributed by atoms with E-state index in [0.717, 1.165) is 29.0 Å². The van der Waals surface area contributed by atoms with Crippen LogP contribution in [0.4, 0.5) is 5.69 Å². The molecule has 0 saturated carbocycles. The molecule has 0 spiro atoms. The number of hydrogen-bond donors (Lipinski definition) is 1. The summed E-state index contributed by atoms with van der Waals surface area (Å²) in [5, 5.41) is 0. The quantitative estimate of drug-likeness (QED) is 0.673. The summed E-state index contributed by atoms with van der Waals surface area (Å²) < 4.78 is 0. The minimum absolute atomic E-state index is 0.962. The van der Waals surface area contributed by atoms with Gasteiger partial charge in [0.05, 0.1) is 16.7 Å². The molecule has 0 aliphatic carbocycles. The molecule has 0 fully saturated rings. The lowest BCUT2D eigenvalue weighted by molar-refractivity contribution is 1.17. The molecule has 1 aromatic heterocycles. The Morgan fingerprint density at radius 1 is 1.29 bits per heavy atom. The van der Waals surface area contributed by atoms with Crippen molar-refractivity contribution < 1.29 is 0 Å². The van der Waals surface area contributed by atoms with E-state index in [1.54, 1.807) is 0 Å². The van der Waals surface area contributed by atoms with Gasteiger partial charge in [-0.3, -0.25) is 4.99 Å². The molecule has 0 unspecified atom stereocenters. The third-order valence-corrected chi connectivity index (χ3v) is 2.56. The SMILES string of the molecule is CC1=Nc2cc3nc(C)[nH]c3cc2C1. The van der Waals surface area contributed by atoms with Gasteiger partial charge in [0.25, 0.3) is 0 Å². The number of aromatic amines is 1.